The second-order valence-corrected chi connectivity index (χ2v) is 6.62. The second kappa shape index (κ2) is 6.65. The van der Waals surface area contributed by atoms with Gasteiger partial charge in [0.1, 0.15) is 25.6 Å². The number of hydrogen-bond donors (Lipinski definition) is 0. The van der Waals surface area contributed by atoms with E-state index in [9.17, 15) is 4.79 Å². The smallest absolute Gasteiger partial charge is 0.348 e. The maximum atomic E-state index is 12.3. The third-order valence-corrected chi connectivity index (χ3v) is 4.51. The lowest BCUT2D eigenvalue weighted by Gasteiger charge is -2.20. The molecule has 0 aliphatic carbocycles. The van der Waals surface area contributed by atoms with Crippen molar-refractivity contribution in [3.63, 3.8) is 0 Å². The lowest BCUT2D eigenvalue weighted by atomic mass is 10.1. The molecule has 0 saturated heterocycles. The van der Waals surface area contributed by atoms with Gasteiger partial charge in [0.05, 0.1) is 5.02 Å². The fourth-order valence-corrected chi connectivity index (χ4v) is 3.33. The van der Waals surface area contributed by atoms with Gasteiger partial charge in [-0.15, -0.1) is 0 Å². The zero-order chi connectivity index (χ0) is 17.4. The molecule has 0 unspecified atom stereocenters. The summed E-state index contributed by atoms with van der Waals surface area (Å²) in [6.45, 7) is 1.00. The highest BCUT2D eigenvalue weighted by atomic mass is 35.5. The zero-order valence-electron chi connectivity index (χ0n) is 13.1. The number of ether oxygens (including phenoxy) is 4. The highest BCUT2D eigenvalue weighted by Gasteiger charge is 2.30. The Balaban J connectivity index is 1.41. The van der Waals surface area contributed by atoms with Crippen LogP contribution in [0.2, 0.25) is 10.0 Å². The number of carbonyl (C=O) groups excluding carboxylic acids is 1. The number of esters is 1. The van der Waals surface area contributed by atoms with Crippen molar-refractivity contribution in [2.24, 2.45) is 0 Å². The fraction of sp³-hybridized carbons (Fsp3) is 0.278. The number of benzene rings is 2. The van der Waals surface area contributed by atoms with Crippen LogP contribution in [0.5, 0.6) is 17.2 Å². The van der Waals surface area contributed by atoms with E-state index >= 15 is 0 Å². The van der Waals surface area contributed by atoms with Crippen molar-refractivity contribution >= 4 is 29.2 Å². The quantitative estimate of drug-likeness (QED) is 0.757. The van der Waals surface area contributed by atoms with Crippen molar-refractivity contribution in [2.75, 3.05) is 13.2 Å². The molecule has 130 valence electrons. The molecule has 0 fully saturated rings. The number of rotatable bonds is 3. The van der Waals surface area contributed by atoms with Crippen LogP contribution in [0.1, 0.15) is 11.1 Å². The molecule has 0 spiro atoms. The predicted octanol–water partition coefficient (Wildman–Crippen LogP) is 3.81. The van der Waals surface area contributed by atoms with Crippen molar-refractivity contribution in [1.82, 2.24) is 0 Å². The highest BCUT2D eigenvalue weighted by Crippen LogP contribution is 2.38. The molecule has 0 amide bonds. The van der Waals surface area contributed by atoms with Crippen molar-refractivity contribution in [1.29, 1.82) is 0 Å². The van der Waals surface area contributed by atoms with Crippen molar-refractivity contribution in [3.05, 3.63) is 51.5 Å². The van der Waals surface area contributed by atoms with E-state index in [2.05, 4.69) is 0 Å². The lowest BCUT2D eigenvalue weighted by molar-refractivity contribution is -0.152. The molecule has 7 heteroatoms. The van der Waals surface area contributed by atoms with Crippen LogP contribution >= 0.6 is 23.2 Å². The van der Waals surface area contributed by atoms with E-state index in [0.717, 1.165) is 11.1 Å². The first-order valence-corrected chi connectivity index (χ1v) is 8.55. The first kappa shape index (κ1) is 16.4. The van der Waals surface area contributed by atoms with Crippen LogP contribution in [-0.2, 0) is 22.6 Å². The molecule has 0 aromatic heterocycles. The molecule has 0 bridgehead atoms. The van der Waals surface area contributed by atoms with Gasteiger partial charge in [-0.2, -0.15) is 0 Å². The summed E-state index contributed by atoms with van der Waals surface area (Å²) in [5.74, 6) is 1.31. The molecule has 4 rings (SSSR count). The van der Waals surface area contributed by atoms with Crippen LogP contribution < -0.4 is 14.2 Å². The standard InChI is InChI=1S/C18H14Cl2O5/c19-12-1-2-14-11(7-12)8-16(25-14)18(21)24-9-10-5-13(20)17-15(6-10)22-3-4-23-17/h1-2,5-7,16H,3-4,8-9H2/t16-/m0/s1. The SMILES string of the molecule is O=C(OCc1cc(Cl)c2c(c1)OCCO2)[C@@H]1Cc2cc(Cl)ccc2O1. The second-order valence-electron chi connectivity index (χ2n) is 5.77. The van der Waals surface area contributed by atoms with Gasteiger partial charge in [-0.05, 0) is 41.5 Å². The molecular weight excluding hydrogens is 367 g/mol. The van der Waals surface area contributed by atoms with Crippen LogP contribution in [0.25, 0.3) is 0 Å². The summed E-state index contributed by atoms with van der Waals surface area (Å²) in [6.07, 6.45) is -0.225. The summed E-state index contributed by atoms with van der Waals surface area (Å²) >= 11 is 12.1. The zero-order valence-corrected chi connectivity index (χ0v) is 14.6. The van der Waals surface area contributed by atoms with Gasteiger partial charge >= 0.3 is 5.97 Å². The van der Waals surface area contributed by atoms with Gasteiger partial charge in [-0.25, -0.2) is 4.79 Å². The first-order chi connectivity index (χ1) is 12.1. The maximum absolute atomic E-state index is 12.3. The number of hydrogen-bond acceptors (Lipinski definition) is 5. The van der Waals surface area contributed by atoms with Crippen molar-refractivity contribution in [2.45, 2.75) is 19.1 Å². The third-order valence-electron chi connectivity index (χ3n) is 4.00. The number of fused-ring (bicyclic) bond motifs is 2. The average Bonchev–Trinajstić information content (AvgIpc) is 3.03. The summed E-state index contributed by atoms with van der Waals surface area (Å²) < 4.78 is 22.0. The van der Waals surface area contributed by atoms with Gasteiger partial charge in [0.25, 0.3) is 0 Å². The number of carbonyl (C=O) groups is 1. The third kappa shape index (κ3) is 3.34. The summed E-state index contributed by atoms with van der Waals surface area (Å²) in [6, 6.07) is 8.74. The Labute approximate surface area is 154 Å². The molecule has 2 aliphatic rings. The van der Waals surface area contributed by atoms with E-state index in [1.165, 1.54) is 0 Å². The lowest BCUT2D eigenvalue weighted by Crippen LogP contribution is -2.27. The molecule has 0 radical (unpaired) electrons. The Morgan fingerprint density at radius 3 is 2.84 bits per heavy atom. The summed E-state index contributed by atoms with van der Waals surface area (Å²) in [5.41, 5.74) is 1.62. The van der Waals surface area contributed by atoms with Crippen LogP contribution in [0.3, 0.4) is 0 Å². The molecule has 2 aliphatic heterocycles. The number of halogens is 2. The van der Waals surface area contributed by atoms with E-state index in [1.807, 2.05) is 0 Å². The van der Waals surface area contributed by atoms with Gasteiger partial charge in [-0.3, -0.25) is 0 Å². The van der Waals surface area contributed by atoms with E-state index in [4.69, 9.17) is 42.1 Å². The highest BCUT2D eigenvalue weighted by molar-refractivity contribution is 6.32. The first-order valence-electron chi connectivity index (χ1n) is 7.80. The monoisotopic (exact) mass is 380 g/mol. The average molecular weight is 381 g/mol. The van der Waals surface area contributed by atoms with E-state index in [-0.39, 0.29) is 6.61 Å². The van der Waals surface area contributed by atoms with Crippen molar-refractivity contribution < 1.29 is 23.7 Å². The van der Waals surface area contributed by atoms with E-state index in [1.54, 1.807) is 30.3 Å². The molecule has 2 aromatic rings. The molecule has 1 atom stereocenters. The Hall–Kier alpha value is -2.11. The van der Waals surface area contributed by atoms with Crippen LogP contribution in [0.15, 0.2) is 30.3 Å². The van der Waals surface area contributed by atoms with Crippen LogP contribution in [-0.4, -0.2) is 25.3 Å². The fourth-order valence-electron chi connectivity index (χ4n) is 2.84. The molecule has 25 heavy (non-hydrogen) atoms. The Morgan fingerprint density at radius 2 is 1.96 bits per heavy atom. The Bertz CT molecular complexity index is 836. The van der Waals surface area contributed by atoms with Gasteiger partial charge in [0.2, 0.25) is 0 Å². The minimum Gasteiger partial charge on any atom is -0.486 e. The van der Waals surface area contributed by atoms with Gasteiger partial charge < -0.3 is 18.9 Å². The minimum atomic E-state index is -0.666. The summed E-state index contributed by atoms with van der Waals surface area (Å²) in [4.78, 5) is 12.3. The van der Waals surface area contributed by atoms with Gasteiger partial charge in [0, 0.05) is 11.4 Å². The van der Waals surface area contributed by atoms with Crippen LogP contribution in [0.4, 0.5) is 0 Å². The van der Waals surface area contributed by atoms with Gasteiger partial charge in [0.15, 0.2) is 17.6 Å². The maximum Gasteiger partial charge on any atom is 0.348 e. The molecule has 5 nitrogen and oxygen atoms in total. The van der Waals surface area contributed by atoms with Gasteiger partial charge in [-0.1, -0.05) is 23.2 Å². The molecule has 0 saturated carbocycles. The van der Waals surface area contributed by atoms with E-state index in [0.29, 0.717) is 46.9 Å². The molecule has 2 heterocycles. The predicted molar refractivity (Wildman–Crippen MR) is 91.8 cm³/mol. The molecular formula is C18H14Cl2O5. The van der Waals surface area contributed by atoms with Crippen molar-refractivity contribution in [3.8, 4) is 17.2 Å². The minimum absolute atomic E-state index is 0.0756. The summed E-state index contributed by atoms with van der Waals surface area (Å²) in [5, 5.41) is 1.05. The topological polar surface area (TPSA) is 54.0 Å². The normalized spacial score (nSPS) is 17.6. The summed E-state index contributed by atoms with van der Waals surface area (Å²) in [7, 11) is 0. The Morgan fingerprint density at radius 1 is 1.12 bits per heavy atom. The Kier molecular flexibility index (Phi) is 4.36. The largest absolute Gasteiger partial charge is 0.486 e. The molecule has 0 N–H and O–H groups in total. The molecule has 2 aromatic carbocycles. The van der Waals surface area contributed by atoms with E-state index < -0.39 is 12.1 Å². The van der Waals surface area contributed by atoms with Crippen LogP contribution in [0, 0.1) is 0 Å².